The molecule has 2 rings (SSSR count). The third-order valence-corrected chi connectivity index (χ3v) is 2.50. The summed E-state index contributed by atoms with van der Waals surface area (Å²) in [7, 11) is 0. The van der Waals surface area contributed by atoms with E-state index in [2.05, 4.69) is 25.7 Å². The minimum atomic E-state index is -0.264. The largest absolute Gasteiger partial charge is 0.347 e. The van der Waals surface area contributed by atoms with Crippen LogP contribution in [0.15, 0.2) is 30.9 Å². The standard InChI is InChI=1S/C11H14N6O/c1-7(10-14-4-5-15-10)16-11(18)8-6-13-3-2-9(8)17-12/h2-7H,12H2,1H3,(H,13,17)(H,14,15)(H,16,18). The van der Waals surface area contributed by atoms with Crippen molar-refractivity contribution in [3.8, 4) is 0 Å². The van der Waals surface area contributed by atoms with Gasteiger partial charge in [-0.15, -0.1) is 0 Å². The molecular weight excluding hydrogens is 232 g/mol. The van der Waals surface area contributed by atoms with Gasteiger partial charge in [0, 0.05) is 24.8 Å². The van der Waals surface area contributed by atoms with Gasteiger partial charge in [0.25, 0.3) is 5.91 Å². The maximum Gasteiger partial charge on any atom is 0.255 e. The first-order valence-electron chi connectivity index (χ1n) is 5.43. The number of hydrazine groups is 1. The zero-order valence-corrected chi connectivity index (χ0v) is 9.84. The van der Waals surface area contributed by atoms with Gasteiger partial charge in [-0.25, -0.2) is 4.98 Å². The molecule has 0 aliphatic heterocycles. The van der Waals surface area contributed by atoms with Crippen molar-refractivity contribution in [2.24, 2.45) is 5.84 Å². The Morgan fingerprint density at radius 3 is 3.00 bits per heavy atom. The molecule has 0 bridgehead atoms. The lowest BCUT2D eigenvalue weighted by atomic mass is 10.2. The summed E-state index contributed by atoms with van der Waals surface area (Å²) in [6.07, 6.45) is 6.35. The zero-order chi connectivity index (χ0) is 13.0. The van der Waals surface area contributed by atoms with Crippen molar-refractivity contribution in [3.05, 3.63) is 42.2 Å². The zero-order valence-electron chi connectivity index (χ0n) is 9.84. The van der Waals surface area contributed by atoms with Gasteiger partial charge in [0.2, 0.25) is 0 Å². The van der Waals surface area contributed by atoms with Gasteiger partial charge in [0.15, 0.2) is 0 Å². The van der Waals surface area contributed by atoms with Crippen molar-refractivity contribution < 1.29 is 4.79 Å². The Hall–Kier alpha value is -2.41. The van der Waals surface area contributed by atoms with Crippen LogP contribution in [0.5, 0.6) is 0 Å². The van der Waals surface area contributed by atoms with Gasteiger partial charge in [-0.1, -0.05) is 0 Å². The number of nitrogens with two attached hydrogens (primary N) is 1. The van der Waals surface area contributed by atoms with Gasteiger partial charge >= 0.3 is 0 Å². The number of nitrogens with zero attached hydrogens (tertiary/aromatic N) is 2. The normalized spacial score (nSPS) is 11.9. The lowest BCUT2D eigenvalue weighted by Crippen LogP contribution is -2.28. The molecule has 0 aromatic carbocycles. The molecular formula is C11H14N6O. The van der Waals surface area contributed by atoms with Gasteiger partial charge in [0.1, 0.15) is 5.82 Å². The van der Waals surface area contributed by atoms with Crippen LogP contribution in [-0.2, 0) is 0 Å². The Morgan fingerprint density at radius 1 is 1.50 bits per heavy atom. The van der Waals surface area contributed by atoms with Gasteiger partial charge in [-0.2, -0.15) is 0 Å². The molecule has 1 unspecified atom stereocenters. The number of rotatable bonds is 4. The molecule has 1 atom stereocenters. The lowest BCUT2D eigenvalue weighted by Gasteiger charge is -2.13. The highest BCUT2D eigenvalue weighted by atomic mass is 16.1. The summed E-state index contributed by atoms with van der Waals surface area (Å²) in [4.78, 5) is 23.0. The summed E-state index contributed by atoms with van der Waals surface area (Å²) in [5, 5.41) is 2.81. The average Bonchev–Trinajstić information content (AvgIpc) is 2.92. The molecule has 0 aliphatic carbocycles. The first-order valence-corrected chi connectivity index (χ1v) is 5.43. The highest BCUT2D eigenvalue weighted by Gasteiger charge is 2.15. The second-order valence-electron chi connectivity index (χ2n) is 3.74. The molecule has 2 aromatic rings. The Balaban J connectivity index is 2.12. The predicted octanol–water partition coefficient (Wildman–Crippen LogP) is 0.581. The number of aromatic nitrogens is 3. The fraction of sp³-hybridized carbons (Fsp3) is 0.182. The van der Waals surface area contributed by atoms with Gasteiger partial charge in [-0.05, 0) is 13.0 Å². The Morgan fingerprint density at radius 2 is 2.33 bits per heavy atom. The maximum atomic E-state index is 12.0. The lowest BCUT2D eigenvalue weighted by molar-refractivity contribution is 0.0939. The number of imidazole rings is 1. The Bertz CT molecular complexity index is 524. The number of pyridine rings is 1. The number of nitrogen functional groups attached to an aromatic ring is 1. The molecule has 5 N–H and O–H groups in total. The second kappa shape index (κ2) is 5.28. The number of nitrogens with one attached hydrogen (secondary N) is 3. The van der Waals surface area contributed by atoms with Crippen LogP contribution in [0.25, 0.3) is 0 Å². The van der Waals surface area contributed by atoms with E-state index in [4.69, 9.17) is 5.84 Å². The smallest absolute Gasteiger partial charge is 0.255 e. The number of carbonyl (C=O) groups excluding carboxylic acids is 1. The summed E-state index contributed by atoms with van der Waals surface area (Å²) >= 11 is 0. The van der Waals surface area contributed by atoms with Crippen LogP contribution in [0.1, 0.15) is 29.1 Å². The number of aromatic amines is 1. The van der Waals surface area contributed by atoms with Crippen molar-refractivity contribution in [2.75, 3.05) is 5.43 Å². The molecule has 7 nitrogen and oxygen atoms in total. The van der Waals surface area contributed by atoms with Crippen LogP contribution < -0.4 is 16.6 Å². The quantitative estimate of drug-likeness (QED) is 0.466. The van der Waals surface area contributed by atoms with Crippen molar-refractivity contribution in [3.63, 3.8) is 0 Å². The number of hydrogen-bond acceptors (Lipinski definition) is 5. The Kier molecular flexibility index (Phi) is 3.54. The van der Waals surface area contributed by atoms with Crippen LogP contribution in [-0.4, -0.2) is 20.9 Å². The number of amides is 1. The number of anilines is 1. The molecule has 0 saturated heterocycles. The molecule has 1 amide bonds. The summed E-state index contributed by atoms with van der Waals surface area (Å²) < 4.78 is 0. The highest BCUT2D eigenvalue weighted by Crippen LogP contribution is 2.14. The molecule has 0 saturated carbocycles. The fourth-order valence-corrected chi connectivity index (χ4v) is 1.56. The molecule has 2 aromatic heterocycles. The summed E-state index contributed by atoms with van der Waals surface area (Å²) in [6, 6.07) is 1.41. The van der Waals surface area contributed by atoms with Crippen molar-refractivity contribution >= 4 is 11.6 Å². The van der Waals surface area contributed by atoms with Crippen molar-refractivity contribution in [1.82, 2.24) is 20.3 Å². The van der Waals surface area contributed by atoms with E-state index in [9.17, 15) is 4.79 Å². The van der Waals surface area contributed by atoms with Gasteiger partial charge in [0.05, 0.1) is 17.3 Å². The number of H-pyrrole nitrogens is 1. The summed E-state index contributed by atoms with van der Waals surface area (Å²) in [6.45, 7) is 1.84. The molecule has 2 heterocycles. The van der Waals surface area contributed by atoms with Crippen LogP contribution in [0.2, 0.25) is 0 Å². The van der Waals surface area contributed by atoms with Gasteiger partial charge in [-0.3, -0.25) is 15.6 Å². The van der Waals surface area contributed by atoms with E-state index < -0.39 is 0 Å². The minimum Gasteiger partial charge on any atom is -0.347 e. The van der Waals surface area contributed by atoms with E-state index in [1.54, 1.807) is 24.7 Å². The molecule has 0 spiro atoms. The number of hydrogen-bond donors (Lipinski definition) is 4. The van der Waals surface area contributed by atoms with E-state index >= 15 is 0 Å². The molecule has 18 heavy (non-hydrogen) atoms. The van der Waals surface area contributed by atoms with Gasteiger partial charge < -0.3 is 15.7 Å². The van der Waals surface area contributed by atoms with E-state index in [-0.39, 0.29) is 11.9 Å². The van der Waals surface area contributed by atoms with E-state index in [1.807, 2.05) is 6.92 Å². The monoisotopic (exact) mass is 246 g/mol. The third kappa shape index (κ3) is 2.46. The van der Waals surface area contributed by atoms with Crippen LogP contribution in [0.3, 0.4) is 0 Å². The summed E-state index contributed by atoms with van der Waals surface area (Å²) in [5.74, 6) is 5.76. The molecule has 7 heteroatoms. The molecule has 0 fully saturated rings. The van der Waals surface area contributed by atoms with Crippen LogP contribution in [0, 0.1) is 0 Å². The SMILES string of the molecule is CC(NC(=O)c1cnccc1NN)c1ncc[nH]1. The van der Waals surface area contributed by atoms with Crippen LogP contribution in [0.4, 0.5) is 5.69 Å². The number of carbonyl (C=O) groups is 1. The first-order chi connectivity index (χ1) is 8.72. The first kappa shape index (κ1) is 12.1. The molecule has 0 aliphatic rings. The van der Waals surface area contributed by atoms with E-state index in [0.717, 1.165) is 0 Å². The van der Waals surface area contributed by atoms with E-state index in [1.165, 1.54) is 6.20 Å². The maximum absolute atomic E-state index is 12.0. The molecule has 0 radical (unpaired) electrons. The average molecular weight is 246 g/mol. The van der Waals surface area contributed by atoms with Crippen molar-refractivity contribution in [1.29, 1.82) is 0 Å². The second-order valence-corrected chi connectivity index (χ2v) is 3.74. The summed E-state index contributed by atoms with van der Waals surface area (Å²) in [5.41, 5.74) is 3.37. The van der Waals surface area contributed by atoms with Crippen molar-refractivity contribution in [2.45, 2.75) is 13.0 Å². The topological polar surface area (TPSA) is 109 Å². The predicted molar refractivity (Wildman–Crippen MR) is 66.5 cm³/mol. The minimum absolute atomic E-state index is 0.224. The highest BCUT2D eigenvalue weighted by molar-refractivity contribution is 5.99. The fourth-order valence-electron chi connectivity index (χ4n) is 1.56. The van der Waals surface area contributed by atoms with E-state index in [0.29, 0.717) is 17.1 Å². The third-order valence-electron chi connectivity index (χ3n) is 2.50. The van der Waals surface area contributed by atoms with Crippen LogP contribution >= 0.6 is 0 Å². The molecule has 94 valence electrons. The Labute approximate surface area is 104 Å².